The minimum Gasteiger partial charge on any atom is -0.445 e. The van der Waals surface area contributed by atoms with Crippen molar-refractivity contribution in [3.05, 3.63) is 77.1 Å². The Balaban J connectivity index is 1.53. The Morgan fingerprint density at radius 3 is 2.53 bits per heavy atom. The van der Waals surface area contributed by atoms with Gasteiger partial charge < -0.3 is 4.74 Å². The van der Waals surface area contributed by atoms with Crippen LogP contribution in [0, 0.1) is 5.82 Å². The van der Waals surface area contributed by atoms with Crippen LogP contribution in [0.3, 0.4) is 0 Å². The monoisotopic (exact) mass is 419 g/mol. The fourth-order valence-electron chi connectivity index (χ4n) is 4.26. The van der Waals surface area contributed by atoms with E-state index < -0.39 is 23.7 Å². The first-order valence-corrected chi connectivity index (χ1v) is 9.90. The number of halogens is 4. The molecule has 4 rings (SSSR count). The van der Waals surface area contributed by atoms with Crippen molar-refractivity contribution >= 4 is 11.7 Å². The van der Waals surface area contributed by atoms with Gasteiger partial charge in [0, 0.05) is 11.6 Å². The van der Waals surface area contributed by atoms with E-state index in [0.717, 1.165) is 24.5 Å². The van der Waals surface area contributed by atoms with E-state index in [4.69, 9.17) is 4.74 Å². The molecular formula is C23H21F4NO2. The molecule has 2 bridgehead atoms. The summed E-state index contributed by atoms with van der Waals surface area (Å²) in [5.41, 5.74) is 0.683. The summed E-state index contributed by atoms with van der Waals surface area (Å²) in [5.74, 6) is -0.894. The standard InChI is InChI=1S/C23H21F4NO2/c24-21-13-17(23(25,26)27)9-10-20(21)16-11-18-7-4-8-19(12-16)28(18)22(29)30-14-15-5-2-1-3-6-15/h1-3,5-6,9-11,13,18-19H,4,7-8,12,14H2. The fraction of sp³-hybridized carbons (Fsp3) is 0.348. The number of alkyl halides is 3. The van der Waals surface area contributed by atoms with Crippen LogP contribution in [0.5, 0.6) is 0 Å². The van der Waals surface area contributed by atoms with E-state index in [1.165, 1.54) is 6.07 Å². The molecule has 2 unspecified atom stereocenters. The summed E-state index contributed by atoms with van der Waals surface area (Å²) in [6, 6.07) is 11.6. The van der Waals surface area contributed by atoms with Crippen molar-refractivity contribution in [1.82, 2.24) is 4.90 Å². The van der Waals surface area contributed by atoms with Gasteiger partial charge in [-0.1, -0.05) is 42.5 Å². The van der Waals surface area contributed by atoms with Crippen LogP contribution in [0.2, 0.25) is 0 Å². The molecule has 1 fully saturated rings. The van der Waals surface area contributed by atoms with Crippen LogP contribution in [0.25, 0.3) is 5.57 Å². The number of carbonyl (C=O) groups is 1. The molecule has 0 spiro atoms. The second kappa shape index (κ2) is 8.13. The molecule has 7 heteroatoms. The molecule has 0 aromatic heterocycles. The predicted molar refractivity (Wildman–Crippen MR) is 104 cm³/mol. The van der Waals surface area contributed by atoms with Crippen molar-refractivity contribution in [3.8, 4) is 0 Å². The molecule has 2 atom stereocenters. The van der Waals surface area contributed by atoms with Gasteiger partial charge in [-0.3, -0.25) is 4.90 Å². The van der Waals surface area contributed by atoms with Crippen molar-refractivity contribution in [2.75, 3.05) is 0 Å². The zero-order valence-corrected chi connectivity index (χ0v) is 16.2. The van der Waals surface area contributed by atoms with Gasteiger partial charge in [-0.2, -0.15) is 13.2 Å². The first-order valence-electron chi connectivity index (χ1n) is 9.90. The van der Waals surface area contributed by atoms with Crippen molar-refractivity contribution in [1.29, 1.82) is 0 Å². The van der Waals surface area contributed by atoms with Crippen molar-refractivity contribution in [3.63, 3.8) is 0 Å². The number of ether oxygens (including phenoxy) is 1. The highest BCUT2D eigenvalue weighted by Gasteiger charge is 2.39. The lowest BCUT2D eigenvalue weighted by Crippen LogP contribution is -2.51. The average molecular weight is 419 g/mol. The first-order chi connectivity index (χ1) is 14.3. The third kappa shape index (κ3) is 4.20. The topological polar surface area (TPSA) is 29.5 Å². The molecule has 0 aliphatic carbocycles. The molecular weight excluding hydrogens is 398 g/mol. The molecule has 158 valence electrons. The molecule has 1 saturated heterocycles. The van der Waals surface area contributed by atoms with Gasteiger partial charge in [0.2, 0.25) is 0 Å². The molecule has 2 aliphatic rings. The third-order valence-electron chi connectivity index (χ3n) is 5.70. The number of piperidine rings is 1. The first kappa shape index (κ1) is 20.4. The van der Waals surface area contributed by atoms with Crippen LogP contribution in [-0.2, 0) is 17.5 Å². The van der Waals surface area contributed by atoms with Gasteiger partial charge >= 0.3 is 12.3 Å². The number of benzene rings is 2. The normalized spacial score (nSPS) is 21.2. The Morgan fingerprint density at radius 1 is 1.10 bits per heavy atom. The highest BCUT2D eigenvalue weighted by atomic mass is 19.4. The van der Waals surface area contributed by atoms with Gasteiger partial charge in [0.05, 0.1) is 11.6 Å². The maximum Gasteiger partial charge on any atom is 0.416 e. The quantitative estimate of drug-likeness (QED) is 0.555. The number of carbonyl (C=O) groups excluding carboxylic acids is 1. The van der Waals surface area contributed by atoms with Crippen LogP contribution in [0.15, 0.2) is 54.6 Å². The van der Waals surface area contributed by atoms with Crippen molar-refractivity contribution in [2.45, 2.75) is 50.6 Å². The van der Waals surface area contributed by atoms with Gasteiger partial charge in [-0.25, -0.2) is 9.18 Å². The Bertz CT molecular complexity index is 955. The average Bonchev–Trinajstić information content (AvgIpc) is 2.71. The summed E-state index contributed by atoms with van der Waals surface area (Å²) < 4.78 is 58.4. The van der Waals surface area contributed by atoms with Gasteiger partial charge in [0.1, 0.15) is 12.4 Å². The van der Waals surface area contributed by atoms with E-state index >= 15 is 0 Å². The SMILES string of the molecule is O=C(OCc1ccccc1)N1C2C=C(c3ccc(C(F)(F)F)cc3F)CC1CCC2. The second-order valence-corrected chi connectivity index (χ2v) is 7.69. The fourth-order valence-corrected chi connectivity index (χ4v) is 4.26. The van der Waals surface area contributed by atoms with E-state index in [1.807, 2.05) is 30.3 Å². The van der Waals surface area contributed by atoms with Crippen molar-refractivity contribution in [2.24, 2.45) is 0 Å². The number of amides is 1. The van der Waals surface area contributed by atoms with Gasteiger partial charge in [-0.15, -0.1) is 0 Å². The molecule has 1 amide bonds. The molecule has 2 aliphatic heterocycles. The minimum absolute atomic E-state index is 0.159. The van der Waals surface area contributed by atoms with Crippen LogP contribution in [0.1, 0.15) is 42.4 Å². The lowest BCUT2D eigenvalue weighted by Gasteiger charge is -2.44. The number of nitrogens with zero attached hydrogens (tertiary/aromatic N) is 1. The second-order valence-electron chi connectivity index (χ2n) is 7.69. The van der Waals surface area contributed by atoms with Crippen LogP contribution in [0.4, 0.5) is 22.4 Å². The summed E-state index contributed by atoms with van der Waals surface area (Å²) >= 11 is 0. The maximum absolute atomic E-state index is 14.5. The van der Waals surface area contributed by atoms with Crippen LogP contribution >= 0.6 is 0 Å². The molecule has 30 heavy (non-hydrogen) atoms. The van der Waals surface area contributed by atoms with Crippen LogP contribution in [-0.4, -0.2) is 23.1 Å². The largest absolute Gasteiger partial charge is 0.445 e. The summed E-state index contributed by atoms with van der Waals surface area (Å²) in [5, 5.41) is 0. The van der Waals surface area contributed by atoms with Gasteiger partial charge in [-0.05, 0) is 49.0 Å². The van der Waals surface area contributed by atoms with E-state index in [-0.39, 0.29) is 24.3 Å². The van der Waals surface area contributed by atoms with E-state index in [1.54, 1.807) is 11.0 Å². The number of fused-ring (bicyclic) bond motifs is 2. The zero-order valence-electron chi connectivity index (χ0n) is 16.2. The Labute approximate surface area is 171 Å². The van der Waals surface area contributed by atoms with E-state index in [9.17, 15) is 22.4 Å². The molecule has 0 saturated carbocycles. The highest BCUT2D eigenvalue weighted by molar-refractivity contribution is 5.74. The predicted octanol–water partition coefficient (Wildman–Crippen LogP) is 6.19. The van der Waals surface area contributed by atoms with Gasteiger partial charge in [0.15, 0.2) is 0 Å². The summed E-state index contributed by atoms with van der Waals surface area (Å²) in [6.45, 7) is 0.166. The van der Waals surface area contributed by atoms with Crippen LogP contribution < -0.4 is 0 Å². The molecule has 2 aromatic carbocycles. The molecule has 2 aromatic rings. The van der Waals surface area contributed by atoms with Crippen molar-refractivity contribution < 1.29 is 27.1 Å². The summed E-state index contributed by atoms with van der Waals surface area (Å²) in [6.07, 6.45) is -0.437. The number of hydrogen-bond acceptors (Lipinski definition) is 2. The van der Waals surface area contributed by atoms with Gasteiger partial charge in [0.25, 0.3) is 0 Å². The smallest absolute Gasteiger partial charge is 0.416 e. The Hall–Kier alpha value is -2.83. The van der Waals surface area contributed by atoms with E-state index in [2.05, 4.69) is 0 Å². The molecule has 0 N–H and O–H groups in total. The van der Waals surface area contributed by atoms with E-state index in [0.29, 0.717) is 24.5 Å². The Morgan fingerprint density at radius 2 is 1.87 bits per heavy atom. The highest BCUT2D eigenvalue weighted by Crippen LogP contribution is 2.39. The lowest BCUT2D eigenvalue weighted by molar-refractivity contribution is -0.137. The molecule has 2 heterocycles. The molecule has 3 nitrogen and oxygen atoms in total. The summed E-state index contributed by atoms with van der Waals surface area (Å²) in [7, 11) is 0. The maximum atomic E-state index is 14.5. The third-order valence-corrected chi connectivity index (χ3v) is 5.70. The minimum atomic E-state index is -4.59. The zero-order chi connectivity index (χ0) is 21.3. The lowest BCUT2D eigenvalue weighted by atomic mass is 9.83. The Kier molecular flexibility index (Phi) is 5.54. The molecule has 0 radical (unpaired) electrons. The number of hydrogen-bond donors (Lipinski definition) is 0. The number of rotatable bonds is 3. The summed E-state index contributed by atoms with van der Waals surface area (Å²) in [4.78, 5) is 14.4.